The summed E-state index contributed by atoms with van der Waals surface area (Å²) >= 11 is 5.23. The second kappa shape index (κ2) is 9.28. The smallest absolute Gasteiger partial charge is 0.276 e. The first-order chi connectivity index (χ1) is 12.4. The molecule has 140 valence electrons. The van der Waals surface area contributed by atoms with Gasteiger partial charge in [-0.05, 0) is 42.6 Å². The van der Waals surface area contributed by atoms with Crippen molar-refractivity contribution < 1.29 is 9.72 Å². The number of benzene rings is 1. The molecule has 1 aliphatic rings. The van der Waals surface area contributed by atoms with Crippen molar-refractivity contribution in [3.8, 4) is 0 Å². The molecule has 1 saturated carbocycles. The number of nitro groups is 1. The molecule has 1 fully saturated rings. The minimum atomic E-state index is -0.485. The molecule has 3 N–H and O–H groups in total. The maximum absolute atomic E-state index is 11.9. The predicted molar refractivity (Wildman–Crippen MR) is 105 cm³/mol. The lowest BCUT2D eigenvalue weighted by molar-refractivity contribution is -0.385. The number of thiocarbonyl (C=S) groups is 1. The number of nitrogens with one attached hydrogen (secondary N) is 3. The first-order valence-electron chi connectivity index (χ1n) is 8.66. The van der Waals surface area contributed by atoms with Gasteiger partial charge < -0.3 is 5.32 Å². The molecular weight excluding hydrogens is 352 g/mol. The Morgan fingerprint density at radius 1 is 1.27 bits per heavy atom. The number of hydrogen-bond donors (Lipinski definition) is 3. The summed E-state index contributed by atoms with van der Waals surface area (Å²) in [4.78, 5) is 22.4. The van der Waals surface area contributed by atoms with Crippen molar-refractivity contribution in [2.45, 2.75) is 39.2 Å². The van der Waals surface area contributed by atoms with Crippen LogP contribution in [0.2, 0.25) is 0 Å². The maximum Gasteiger partial charge on any atom is 0.276 e. The van der Waals surface area contributed by atoms with Gasteiger partial charge in [-0.25, -0.2) is 0 Å². The lowest BCUT2D eigenvalue weighted by atomic mass is 9.78. The molecule has 0 unspecified atom stereocenters. The first-order valence-corrected chi connectivity index (χ1v) is 9.07. The van der Waals surface area contributed by atoms with Crippen molar-refractivity contribution in [1.29, 1.82) is 0 Å². The number of amides is 1. The van der Waals surface area contributed by atoms with E-state index in [2.05, 4.69) is 30.0 Å². The van der Waals surface area contributed by atoms with Gasteiger partial charge in [0.25, 0.3) is 11.6 Å². The van der Waals surface area contributed by atoms with E-state index < -0.39 is 10.8 Å². The average Bonchev–Trinajstić information content (AvgIpc) is 2.62. The van der Waals surface area contributed by atoms with Crippen molar-refractivity contribution in [3.63, 3.8) is 0 Å². The van der Waals surface area contributed by atoms with Gasteiger partial charge in [0.15, 0.2) is 5.11 Å². The van der Waals surface area contributed by atoms with Crippen LogP contribution in [0.25, 0.3) is 6.08 Å². The van der Waals surface area contributed by atoms with Gasteiger partial charge in [-0.1, -0.05) is 38.8 Å². The summed E-state index contributed by atoms with van der Waals surface area (Å²) in [6.07, 6.45) is 6.07. The lowest BCUT2D eigenvalue weighted by Gasteiger charge is -2.35. The fraction of sp³-hybridized carbons (Fsp3) is 0.444. The van der Waals surface area contributed by atoms with Crippen LogP contribution >= 0.6 is 12.2 Å². The third-order valence-corrected chi connectivity index (χ3v) is 5.09. The van der Waals surface area contributed by atoms with E-state index in [9.17, 15) is 14.9 Å². The molecule has 0 spiro atoms. The molecule has 0 aromatic heterocycles. The third-order valence-electron chi connectivity index (χ3n) is 4.87. The molecule has 7 nitrogen and oxygen atoms in total. The summed E-state index contributed by atoms with van der Waals surface area (Å²) in [5, 5.41) is 14.6. The van der Waals surface area contributed by atoms with E-state index in [0.29, 0.717) is 22.5 Å². The molecule has 1 aromatic carbocycles. The molecule has 1 aliphatic carbocycles. The number of nitro benzene ring substituents is 1. The molecular formula is C18H24N4O3S. The zero-order chi connectivity index (χ0) is 19.1. The Balaban J connectivity index is 1.83. The summed E-state index contributed by atoms with van der Waals surface area (Å²) in [5.41, 5.74) is 5.45. The van der Waals surface area contributed by atoms with Crippen molar-refractivity contribution in [3.05, 3.63) is 46.0 Å². The lowest BCUT2D eigenvalue weighted by Crippen LogP contribution is -2.52. The van der Waals surface area contributed by atoms with Crippen LogP contribution in [0.1, 0.15) is 38.7 Å². The largest absolute Gasteiger partial charge is 0.358 e. The van der Waals surface area contributed by atoms with E-state index >= 15 is 0 Å². The Labute approximate surface area is 158 Å². The molecule has 26 heavy (non-hydrogen) atoms. The van der Waals surface area contributed by atoms with Gasteiger partial charge in [-0.15, -0.1) is 0 Å². The number of carbonyl (C=O) groups is 1. The Morgan fingerprint density at radius 3 is 2.73 bits per heavy atom. The summed E-state index contributed by atoms with van der Waals surface area (Å²) in [6.45, 7) is 4.45. The highest BCUT2D eigenvalue weighted by atomic mass is 32.1. The SMILES string of the molecule is C[C@@H]1[C@H](C)CCC[C@@H]1NC(=S)NNC(=O)/C=C/c1ccccc1[N+](=O)[O-]. The predicted octanol–water partition coefficient (Wildman–Crippen LogP) is 2.93. The molecule has 0 aliphatic heterocycles. The number of nitrogens with zero attached hydrogens (tertiary/aromatic N) is 1. The van der Waals surface area contributed by atoms with E-state index in [1.165, 1.54) is 24.6 Å². The Hall–Kier alpha value is -2.48. The van der Waals surface area contributed by atoms with Crippen molar-refractivity contribution in [1.82, 2.24) is 16.2 Å². The van der Waals surface area contributed by atoms with Crippen molar-refractivity contribution in [2.75, 3.05) is 0 Å². The molecule has 8 heteroatoms. The van der Waals surface area contributed by atoms with E-state index in [1.807, 2.05) is 0 Å². The van der Waals surface area contributed by atoms with Gasteiger partial charge in [0.05, 0.1) is 10.5 Å². The van der Waals surface area contributed by atoms with Crippen molar-refractivity contribution >= 4 is 35.0 Å². The van der Waals surface area contributed by atoms with Gasteiger partial charge in [0, 0.05) is 18.2 Å². The van der Waals surface area contributed by atoms with E-state index in [4.69, 9.17) is 12.2 Å². The topological polar surface area (TPSA) is 96.3 Å². The normalized spacial score (nSPS) is 22.6. The fourth-order valence-corrected chi connectivity index (χ4v) is 3.31. The highest BCUT2D eigenvalue weighted by Crippen LogP contribution is 2.29. The Morgan fingerprint density at radius 2 is 2.00 bits per heavy atom. The van der Waals surface area contributed by atoms with Gasteiger partial charge in [0.1, 0.15) is 0 Å². The third kappa shape index (κ3) is 5.52. The van der Waals surface area contributed by atoms with Crippen LogP contribution in [-0.2, 0) is 4.79 Å². The molecule has 0 saturated heterocycles. The molecule has 2 rings (SSSR count). The van der Waals surface area contributed by atoms with Gasteiger partial charge in [0.2, 0.25) is 0 Å². The molecule has 0 radical (unpaired) electrons. The van der Waals surface area contributed by atoms with Crippen molar-refractivity contribution in [2.24, 2.45) is 11.8 Å². The second-order valence-corrected chi connectivity index (χ2v) is 7.02. The van der Waals surface area contributed by atoms with Crippen LogP contribution in [0.4, 0.5) is 5.69 Å². The quantitative estimate of drug-likeness (QED) is 0.324. The zero-order valence-electron chi connectivity index (χ0n) is 14.9. The first kappa shape index (κ1) is 19.8. The van der Waals surface area contributed by atoms with Gasteiger partial charge >= 0.3 is 0 Å². The number of hydrogen-bond acceptors (Lipinski definition) is 4. The van der Waals surface area contributed by atoms with Crippen LogP contribution in [0, 0.1) is 22.0 Å². The Bertz CT molecular complexity index is 707. The minimum absolute atomic E-state index is 0.0536. The number of carbonyl (C=O) groups excluding carboxylic acids is 1. The standard InChI is InChI=1S/C18H24N4O3S/c1-12-6-5-8-15(13(12)2)19-18(26)21-20-17(23)11-10-14-7-3-4-9-16(14)22(24)25/h3-4,7,9-13,15H,5-6,8H2,1-2H3,(H,20,23)(H2,19,21,26)/b11-10+/t12-,13-,15+/m1/s1. The summed E-state index contributed by atoms with van der Waals surface area (Å²) < 4.78 is 0. The van der Waals surface area contributed by atoms with Gasteiger partial charge in [-0.2, -0.15) is 0 Å². The highest BCUT2D eigenvalue weighted by Gasteiger charge is 2.27. The van der Waals surface area contributed by atoms with Crippen LogP contribution in [0.15, 0.2) is 30.3 Å². The van der Waals surface area contributed by atoms with Crippen LogP contribution < -0.4 is 16.2 Å². The van der Waals surface area contributed by atoms with Crippen LogP contribution in [0.5, 0.6) is 0 Å². The van der Waals surface area contributed by atoms with Gasteiger partial charge in [-0.3, -0.25) is 25.8 Å². The summed E-state index contributed by atoms with van der Waals surface area (Å²) in [6, 6.07) is 6.51. The molecule has 1 amide bonds. The maximum atomic E-state index is 11.9. The van der Waals surface area contributed by atoms with Crippen LogP contribution in [0.3, 0.4) is 0 Å². The number of rotatable bonds is 4. The molecule has 0 heterocycles. The van der Waals surface area contributed by atoms with E-state index in [-0.39, 0.29) is 11.7 Å². The monoisotopic (exact) mass is 376 g/mol. The second-order valence-electron chi connectivity index (χ2n) is 6.61. The minimum Gasteiger partial charge on any atom is -0.358 e. The average molecular weight is 376 g/mol. The number of para-hydroxylation sites is 1. The highest BCUT2D eigenvalue weighted by molar-refractivity contribution is 7.80. The Kier molecular flexibility index (Phi) is 7.08. The van der Waals surface area contributed by atoms with E-state index in [1.54, 1.807) is 18.2 Å². The summed E-state index contributed by atoms with van der Waals surface area (Å²) in [7, 11) is 0. The van der Waals surface area contributed by atoms with E-state index in [0.717, 1.165) is 12.8 Å². The summed E-state index contributed by atoms with van der Waals surface area (Å²) in [5.74, 6) is 0.707. The molecule has 0 bridgehead atoms. The zero-order valence-corrected chi connectivity index (χ0v) is 15.7. The molecule has 1 aromatic rings. The van der Waals surface area contributed by atoms with Crippen LogP contribution in [-0.4, -0.2) is 22.0 Å². The molecule has 3 atom stereocenters. The number of hydrazine groups is 1. The fourth-order valence-electron chi connectivity index (χ4n) is 3.11.